The molecule has 0 aliphatic rings. The van der Waals surface area contributed by atoms with E-state index in [9.17, 15) is 0 Å². The van der Waals surface area contributed by atoms with Crippen LogP contribution in [0.15, 0.2) is 24.3 Å². The highest BCUT2D eigenvalue weighted by Gasteiger charge is 2.20. The zero-order chi connectivity index (χ0) is 31.3. The maximum Gasteiger partial charge on any atom is 0.00669 e. The highest BCUT2D eigenvalue weighted by molar-refractivity contribution is 5.04. The number of rotatable bonds is 33. The number of allylic oxidation sites excluding steroid dienone is 2. The lowest BCUT2D eigenvalue weighted by Gasteiger charge is -2.29. The van der Waals surface area contributed by atoms with Crippen LogP contribution >= 0.6 is 0 Å². The molecule has 0 radical (unpaired) electrons. The first-order valence-corrected chi connectivity index (χ1v) is 19.3. The van der Waals surface area contributed by atoms with Crippen molar-refractivity contribution in [1.82, 2.24) is 4.90 Å². The van der Waals surface area contributed by atoms with Crippen LogP contribution < -0.4 is 0 Å². The summed E-state index contributed by atoms with van der Waals surface area (Å²) in [6, 6.07) is 0.760. The van der Waals surface area contributed by atoms with Gasteiger partial charge in [-0.05, 0) is 83.2 Å². The second-order valence-corrected chi connectivity index (χ2v) is 14.9. The summed E-state index contributed by atoms with van der Waals surface area (Å²) >= 11 is 0. The lowest BCUT2D eigenvalue weighted by Crippen LogP contribution is -2.35. The Morgan fingerprint density at radius 2 is 0.833 bits per heavy atom. The van der Waals surface area contributed by atoms with Crippen molar-refractivity contribution >= 4 is 0 Å². The number of hydrogen-bond acceptors (Lipinski definition) is 1. The Bertz CT molecular complexity index is 602. The summed E-state index contributed by atoms with van der Waals surface area (Å²) in [5.41, 5.74) is 3.23. The minimum absolute atomic E-state index is 0.308. The molecule has 1 atom stereocenters. The fourth-order valence-corrected chi connectivity index (χ4v) is 6.84. The van der Waals surface area contributed by atoms with Gasteiger partial charge in [0.15, 0.2) is 0 Å². The van der Waals surface area contributed by atoms with Crippen molar-refractivity contribution in [3.63, 3.8) is 0 Å². The van der Waals surface area contributed by atoms with Crippen molar-refractivity contribution in [2.45, 2.75) is 221 Å². The van der Waals surface area contributed by atoms with Crippen molar-refractivity contribution < 1.29 is 0 Å². The van der Waals surface area contributed by atoms with Crippen LogP contribution in [0.1, 0.15) is 215 Å². The molecule has 0 fully saturated rings. The van der Waals surface area contributed by atoms with Gasteiger partial charge >= 0.3 is 0 Å². The summed E-state index contributed by atoms with van der Waals surface area (Å²) in [5, 5.41) is 0. The predicted molar refractivity (Wildman–Crippen MR) is 195 cm³/mol. The molecular formula is C41H81N. The van der Waals surface area contributed by atoms with Crippen LogP contribution in [0.4, 0.5) is 0 Å². The van der Waals surface area contributed by atoms with Gasteiger partial charge in [0.1, 0.15) is 0 Å². The number of nitrogens with zero attached hydrogens (tertiary/aromatic N) is 1. The van der Waals surface area contributed by atoms with E-state index >= 15 is 0 Å². The third-order valence-corrected chi connectivity index (χ3v) is 9.46. The van der Waals surface area contributed by atoms with E-state index in [4.69, 9.17) is 0 Å². The molecule has 0 aromatic heterocycles. The lowest BCUT2D eigenvalue weighted by atomic mass is 9.78. The van der Waals surface area contributed by atoms with Crippen molar-refractivity contribution in [2.75, 3.05) is 13.1 Å². The van der Waals surface area contributed by atoms with Gasteiger partial charge in [-0.3, -0.25) is 0 Å². The van der Waals surface area contributed by atoms with Gasteiger partial charge in [0, 0.05) is 6.04 Å². The van der Waals surface area contributed by atoms with E-state index in [1.165, 1.54) is 185 Å². The number of hydrogen-bond donors (Lipinski definition) is 0. The molecule has 0 rings (SSSR count). The highest BCUT2D eigenvalue weighted by atomic mass is 15.1. The van der Waals surface area contributed by atoms with Gasteiger partial charge in [-0.2, -0.15) is 0 Å². The summed E-state index contributed by atoms with van der Waals surface area (Å²) in [6.45, 7) is 25.8. The average molecular weight is 588 g/mol. The smallest absolute Gasteiger partial charge is 0.00669 e. The summed E-state index contributed by atoms with van der Waals surface area (Å²) in [6.07, 6.45) is 36.7. The maximum absolute atomic E-state index is 4.49. The van der Waals surface area contributed by atoms with Crippen LogP contribution in [0.2, 0.25) is 0 Å². The Kier molecular flexibility index (Phi) is 28.8. The zero-order valence-corrected chi connectivity index (χ0v) is 30.4. The van der Waals surface area contributed by atoms with Crippen LogP contribution in [0.3, 0.4) is 0 Å². The fraction of sp³-hybridized carbons (Fsp3) is 0.902. The molecule has 0 aromatic carbocycles. The molecule has 0 saturated heterocycles. The average Bonchev–Trinajstić information content (AvgIpc) is 2.94. The van der Waals surface area contributed by atoms with Crippen molar-refractivity contribution in [3.05, 3.63) is 24.3 Å². The first-order valence-electron chi connectivity index (χ1n) is 19.3. The Morgan fingerprint density at radius 1 is 0.500 bits per heavy atom. The second-order valence-electron chi connectivity index (χ2n) is 14.9. The largest absolute Gasteiger partial charge is 0.301 e. The van der Waals surface area contributed by atoms with Crippen molar-refractivity contribution in [1.29, 1.82) is 0 Å². The van der Waals surface area contributed by atoms with E-state index < -0.39 is 0 Å². The first-order chi connectivity index (χ1) is 20.3. The van der Waals surface area contributed by atoms with E-state index in [0.717, 1.165) is 18.9 Å². The van der Waals surface area contributed by atoms with Gasteiger partial charge in [-0.1, -0.05) is 174 Å². The van der Waals surface area contributed by atoms with Gasteiger partial charge in [0.2, 0.25) is 0 Å². The van der Waals surface area contributed by atoms with E-state index in [2.05, 4.69) is 59.6 Å². The summed E-state index contributed by atoms with van der Waals surface area (Å²) in [4.78, 5) is 2.84. The summed E-state index contributed by atoms with van der Waals surface area (Å²) in [7, 11) is 0. The minimum atomic E-state index is 0.308. The van der Waals surface area contributed by atoms with Gasteiger partial charge in [0.25, 0.3) is 0 Å². The van der Waals surface area contributed by atoms with Crippen LogP contribution in [0.5, 0.6) is 0 Å². The molecule has 1 unspecified atom stereocenters. The standard InChI is InChI=1S/C41H81N/c1-9-12-15-18-20-22-26-31-38(4)36-41(7,8)37-39(5)32-27-23-21-25-30-35-42(34-29-24-19-16-13-10-2)40(6)33-28-17-14-11-3/h40H,4-5,9-37H2,1-3,6-8H3. The fourth-order valence-electron chi connectivity index (χ4n) is 6.84. The third kappa shape index (κ3) is 27.0. The van der Waals surface area contributed by atoms with Gasteiger partial charge in [-0.25, -0.2) is 0 Å². The Labute approximate surface area is 268 Å². The Hall–Kier alpha value is -0.560. The van der Waals surface area contributed by atoms with E-state index in [0.29, 0.717) is 5.41 Å². The van der Waals surface area contributed by atoms with E-state index in [1.54, 1.807) is 0 Å². The van der Waals surface area contributed by atoms with Crippen molar-refractivity contribution in [3.8, 4) is 0 Å². The van der Waals surface area contributed by atoms with Crippen LogP contribution in [-0.4, -0.2) is 24.0 Å². The molecular weight excluding hydrogens is 506 g/mol. The molecule has 1 heteroatoms. The number of unbranched alkanes of at least 4 members (excludes halogenated alkanes) is 18. The lowest BCUT2D eigenvalue weighted by molar-refractivity contribution is 0.187. The Morgan fingerprint density at radius 3 is 1.24 bits per heavy atom. The van der Waals surface area contributed by atoms with Gasteiger partial charge < -0.3 is 4.90 Å². The van der Waals surface area contributed by atoms with Crippen molar-refractivity contribution in [2.24, 2.45) is 5.41 Å². The molecule has 0 amide bonds. The molecule has 0 aliphatic carbocycles. The zero-order valence-electron chi connectivity index (χ0n) is 30.4. The highest BCUT2D eigenvalue weighted by Crippen LogP contribution is 2.34. The summed E-state index contributed by atoms with van der Waals surface area (Å²) < 4.78 is 0. The van der Waals surface area contributed by atoms with Crippen LogP contribution in [0, 0.1) is 5.41 Å². The predicted octanol–water partition coefficient (Wildman–Crippen LogP) is 14.4. The molecule has 0 N–H and O–H groups in total. The molecule has 0 bridgehead atoms. The first kappa shape index (κ1) is 41.4. The third-order valence-electron chi connectivity index (χ3n) is 9.46. The molecule has 0 spiro atoms. The monoisotopic (exact) mass is 588 g/mol. The molecule has 1 nitrogen and oxygen atoms in total. The van der Waals surface area contributed by atoms with E-state index in [1.807, 2.05) is 0 Å². The molecule has 0 heterocycles. The van der Waals surface area contributed by atoms with Crippen LogP contribution in [-0.2, 0) is 0 Å². The quantitative estimate of drug-likeness (QED) is 0.0545. The maximum atomic E-state index is 4.49. The SMILES string of the molecule is C=C(CCCCCCCCC)CC(C)(C)CC(=C)CCCCCCCN(CCCCCCCC)C(C)CCCCCC. The molecule has 0 aliphatic heterocycles. The molecule has 250 valence electrons. The topological polar surface area (TPSA) is 3.24 Å². The van der Waals surface area contributed by atoms with Gasteiger partial charge in [0.05, 0.1) is 0 Å². The second kappa shape index (κ2) is 29.2. The minimum Gasteiger partial charge on any atom is -0.301 e. The normalized spacial score (nSPS) is 12.7. The van der Waals surface area contributed by atoms with Gasteiger partial charge in [-0.15, -0.1) is 0 Å². The molecule has 0 saturated carbocycles. The molecule has 42 heavy (non-hydrogen) atoms. The molecule has 0 aromatic rings. The van der Waals surface area contributed by atoms with E-state index in [-0.39, 0.29) is 0 Å². The van der Waals surface area contributed by atoms with Crippen LogP contribution in [0.25, 0.3) is 0 Å². The Balaban J connectivity index is 4.13. The summed E-state index contributed by atoms with van der Waals surface area (Å²) in [5.74, 6) is 0.